The Bertz CT molecular complexity index is 577. The third kappa shape index (κ3) is 1.84. The summed E-state index contributed by atoms with van der Waals surface area (Å²) in [6.45, 7) is 0. The molecule has 2 nitrogen and oxygen atoms in total. The molecule has 19 heavy (non-hydrogen) atoms. The van der Waals surface area contributed by atoms with Crippen LogP contribution >= 0.6 is 0 Å². The molecule has 2 atom stereocenters. The maximum atomic E-state index is 12.3. The van der Waals surface area contributed by atoms with Gasteiger partial charge in [0.2, 0.25) is 0 Å². The lowest BCUT2D eigenvalue weighted by molar-refractivity contribution is -0.143. The molecular weight excluding hydrogens is 236 g/mol. The highest BCUT2D eigenvalue weighted by atomic mass is 16.5. The number of methoxy groups -OCH3 is 1. The van der Waals surface area contributed by atoms with E-state index < -0.39 is 5.41 Å². The van der Waals surface area contributed by atoms with Gasteiger partial charge in [0.25, 0.3) is 0 Å². The number of esters is 1. The number of hydrogen-bond donors (Lipinski definition) is 0. The maximum absolute atomic E-state index is 12.3. The molecule has 1 unspecified atom stereocenters. The van der Waals surface area contributed by atoms with Gasteiger partial charge in [0.05, 0.1) is 7.11 Å². The number of carbonyl (C=O) groups is 1. The van der Waals surface area contributed by atoms with Crippen LogP contribution < -0.4 is 0 Å². The summed E-state index contributed by atoms with van der Waals surface area (Å²) < 4.78 is 5.04. The fraction of sp³-hybridized carbons (Fsp3) is 0.235. The van der Waals surface area contributed by atoms with E-state index in [0.29, 0.717) is 0 Å². The Hall–Kier alpha value is -2.09. The van der Waals surface area contributed by atoms with Gasteiger partial charge in [-0.25, -0.2) is 0 Å². The minimum Gasteiger partial charge on any atom is -0.468 e. The Morgan fingerprint density at radius 3 is 2.21 bits per heavy atom. The molecule has 1 saturated carbocycles. The quantitative estimate of drug-likeness (QED) is 0.784. The Labute approximate surface area is 113 Å². The smallest absolute Gasteiger partial charge is 0.316 e. The minimum absolute atomic E-state index is 0.132. The molecule has 0 aliphatic heterocycles. The van der Waals surface area contributed by atoms with Gasteiger partial charge in [-0.05, 0) is 17.5 Å². The molecule has 0 radical (unpaired) electrons. The Morgan fingerprint density at radius 1 is 1.05 bits per heavy atom. The average molecular weight is 252 g/mol. The van der Waals surface area contributed by atoms with Gasteiger partial charge in [-0.3, -0.25) is 4.79 Å². The summed E-state index contributed by atoms with van der Waals surface area (Å²) in [6.07, 6.45) is 0.827. The van der Waals surface area contributed by atoms with Gasteiger partial charge in [-0.15, -0.1) is 0 Å². The molecular formula is C17H16O2. The fourth-order valence-corrected chi connectivity index (χ4v) is 2.93. The van der Waals surface area contributed by atoms with Crippen molar-refractivity contribution in [3.8, 4) is 0 Å². The van der Waals surface area contributed by atoms with Crippen molar-refractivity contribution < 1.29 is 9.53 Å². The Morgan fingerprint density at radius 2 is 1.63 bits per heavy atom. The molecule has 1 fully saturated rings. The zero-order valence-electron chi connectivity index (χ0n) is 10.9. The van der Waals surface area contributed by atoms with Gasteiger partial charge in [0.1, 0.15) is 5.41 Å². The predicted octanol–water partition coefficient (Wildman–Crippen LogP) is 3.28. The molecule has 0 aromatic heterocycles. The molecule has 0 heterocycles. The highest BCUT2D eigenvalue weighted by molar-refractivity contribution is 5.89. The highest BCUT2D eigenvalue weighted by Gasteiger charge is 2.62. The molecule has 0 N–H and O–H groups in total. The molecule has 2 heteroatoms. The van der Waals surface area contributed by atoms with Crippen LogP contribution in [-0.2, 0) is 14.9 Å². The van der Waals surface area contributed by atoms with Crippen LogP contribution in [-0.4, -0.2) is 13.1 Å². The highest BCUT2D eigenvalue weighted by Crippen LogP contribution is 2.61. The summed E-state index contributed by atoms with van der Waals surface area (Å²) in [7, 11) is 1.47. The van der Waals surface area contributed by atoms with Crippen molar-refractivity contribution in [1.29, 1.82) is 0 Å². The first kappa shape index (κ1) is 12.0. The van der Waals surface area contributed by atoms with Crippen LogP contribution in [0.25, 0.3) is 0 Å². The number of rotatable bonds is 3. The molecule has 96 valence electrons. The third-order valence-electron chi connectivity index (χ3n) is 4.00. The summed E-state index contributed by atoms with van der Waals surface area (Å²) in [4.78, 5) is 12.3. The second-order valence-corrected chi connectivity index (χ2v) is 5.00. The van der Waals surface area contributed by atoms with E-state index in [1.165, 1.54) is 12.7 Å². The van der Waals surface area contributed by atoms with Crippen LogP contribution in [0.15, 0.2) is 60.7 Å². The fourth-order valence-electron chi connectivity index (χ4n) is 2.93. The Balaban J connectivity index is 2.01. The van der Waals surface area contributed by atoms with Crippen molar-refractivity contribution in [1.82, 2.24) is 0 Å². The molecule has 2 aromatic carbocycles. The van der Waals surface area contributed by atoms with Crippen molar-refractivity contribution in [2.75, 3.05) is 7.11 Å². The van der Waals surface area contributed by atoms with E-state index in [0.717, 1.165) is 12.0 Å². The van der Waals surface area contributed by atoms with Crippen molar-refractivity contribution in [3.05, 3.63) is 71.8 Å². The second kappa shape index (κ2) is 4.54. The lowest BCUT2D eigenvalue weighted by Gasteiger charge is -2.15. The zero-order chi connectivity index (χ0) is 13.3. The summed E-state index contributed by atoms with van der Waals surface area (Å²) >= 11 is 0. The predicted molar refractivity (Wildman–Crippen MR) is 73.9 cm³/mol. The molecule has 0 bridgehead atoms. The summed E-state index contributed by atoms with van der Waals surface area (Å²) in [5, 5.41) is 0. The van der Waals surface area contributed by atoms with Crippen LogP contribution in [0.3, 0.4) is 0 Å². The zero-order valence-corrected chi connectivity index (χ0v) is 10.9. The van der Waals surface area contributed by atoms with Crippen LogP contribution in [0.5, 0.6) is 0 Å². The van der Waals surface area contributed by atoms with E-state index in [1.54, 1.807) is 0 Å². The normalized spacial score (nSPS) is 24.8. The first-order chi connectivity index (χ1) is 9.29. The lowest BCUT2D eigenvalue weighted by atomic mass is 9.91. The standard InChI is InChI=1S/C17H16O2/c1-19-16(18)17(14-10-6-3-7-11-14)12-15(17)13-8-4-2-5-9-13/h2-11,15H,12H2,1H3/t15?,17-/m0/s1. The van der Waals surface area contributed by atoms with Gasteiger partial charge in [-0.2, -0.15) is 0 Å². The van der Waals surface area contributed by atoms with E-state index in [1.807, 2.05) is 48.5 Å². The van der Waals surface area contributed by atoms with Gasteiger partial charge >= 0.3 is 5.97 Å². The molecule has 0 spiro atoms. The Kier molecular flexibility index (Phi) is 2.86. The number of benzene rings is 2. The van der Waals surface area contributed by atoms with E-state index >= 15 is 0 Å². The monoisotopic (exact) mass is 252 g/mol. The first-order valence-electron chi connectivity index (χ1n) is 6.48. The molecule has 0 amide bonds. The van der Waals surface area contributed by atoms with Crippen LogP contribution in [0, 0.1) is 0 Å². The topological polar surface area (TPSA) is 26.3 Å². The molecule has 0 saturated heterocycles. The number of hydrogen-bond acceptors (Lipinski definition) is 2. The van der Waals surface area contributed by atoms with Gasteiger partial charge in [0.15, 0.2) is 0 Å². The van der Waals surface area contributed by atoms with E-state index in [9.17, 15) is 4.79 Å². The van der Waals surface area contributed by atoms with Gasteiger partial charge < -0.3 is 4.74 Å². The first-order valence-corrected chi connectivity index (χ1v) is 6.48. The van der Waals surface area contributed by atoms with Gasteiger partial charge in [-0.1, -0.05) is 60.7 Å². The number of carbonyl (C=O) groups excluding carboxylic acids is 1. The second-order valence-electron chi connectivity index (χ2n) is 5.00. The van der Waals surface area contributed by atoms with E-state index in [-0.39, 0.29) is 11.9 Å². The average Bonchev–Trinajstić information content (AvgIpc) is 3.25. The van der Waals surface area contributed by atoms with E-state index in [2.05, 4.69) is 12.1 Å². The summed E-state index contributed by atoms with van der Waals surface area (Å²) in [5.74, 6) is 0.0936. The largest absolute Gasteiger partial charge is 0.468 e. The van der Waals surface area contributed by atoms with Crippen LogP contribution in [0.2, 0.25) is 0 Å². The maximum Gasteiger partial charge on any atom is 0.316 e. The third-order valence-corrected chi connectivity index (χ3v) is 4.00. The lowest BCUT2D eigenvalue weighted by Crippen LogP contribution is -2.24. The van der Waals surface area contributed by atoms with Gasteiger partial charge in [0, 0.05) is 5.92 Å². The van der Waals surface area contributed by atoms with Crippen molar-refractivity contribution in [2.45, 2.75) is 17.8 Å². The summed E-state index contributed by atoms with van der Waals surface area (Å²) in [6, 6.07) is 20.1. The number of ether oxygens (including phenoxy) is 1. The van der Waals surface area contributed by atoms with E-state index in [4.69, 9.17) is 4.74 Å². The molecule has 1 aliphatic rings. The van der Waals surface area contributed by atoms with Crippen molar-refractivity contribution >= 4 is 5.97 Å². The molecule has 1 aliphatic carbocycles. The molecule has 3 rings (SSSR count). The van der Waals surface area contributed by atoms with Crippen LogP contribution in [0.1, 0.15) is 23.5 Å². The van der Waals surface area contributed by atoms with Crippen molar-refractivity contribution in [2.24, 2.45) is 0 Å². The van der Waals surface area contributed by atoms with Crippen molar-refractivity contribution in [3.63, 3.8) is 0 Å². The summed E-state index contributed by atoms with van der Waals surface area (Å²) in [5.41, 5.74) is 1.77. The molecule has 2 aromatic rings. The minimum atomic E-state index is -0.489. The van der Waals surface area contributed by atoms with Crippen LogP contribution in [0.4, 0.5) is 0 Å². The SMILES string of the molecule is COC(=O)[C@]1(c2ccccc2)CC1c1ccccc1.